The van der Waals surface area contributed by atoms with Crippen molar-refractivity contribution >= 4 is 0 Å². The summed E-state index contributed by atoms with van der Waals surface area (Å²) in [5.41, 5.74) is 1.33. The van der Waals surface area contributed by atoms with Gasteiger partial charge in [0, 0.05) is 29.8 Å². The Hall–Kier alpha value is -3.29. The molecular formula is C22H20FN3O3. The Morgan fingerprint density at radius 2 is 2.10 bits per heavy atom. The van der Waals surface area contributed by atoms with Gasteiger partial charge in [-0.15, -0.1) is 0 Å². The summed E-state index contributed by atoms with van der Waals surface area (Å²) < 4.78 is 24.0. The van der Waals surface area contributed by atoms with Crippen LogP contribution in [0.5, 0.6) is 11.6 Å². The van der Waals surface area contributed by atoms with E-state index in [0.717, 1.165) is 5.69 Å². The van der Waals surface area contributed by atoms with Gasteiger partial charge in [0.1, 0.15) is 17.8 Å². The van der Waals surface area contributed by atoms with Crippen molar-refractivity contribution in [3.63, 3.8) is 0 Å². The van der Waals surface area contributed by atoms with E-state index in [4.69, 9.17) is 9.26 Å². The van der Waals surface area contributed by atoms with Crippen LogP contribution in [-0.4, -0.2) is 15.2 Å². The Kier molecular flexibility index (Phi) is 5.79. The van der Waals surface area contributed by atoms with Gasteiger partial charge in [-0.1, -0.05) is 29.4 Å². The highest BCUT2D eigenvalue weighted by molar-refractivity contribution is 5.28. The first-order valence-electron chi connectivity index (χ1n) is 9.27. The van der Waals surface area contributed by atoms with Crippen molar-refractivity contribution in [3.8, 4) is 11.6 Å². The van der Waals surface area contributed by atoms with Crippen LogP contribution in [0, 0.1) is 0 Å². The Bertz CT molecular complexity index is 1000. The average molecular weight is 393 g/mol. The molecule has 0 amide bonds. The second-order valence-electron chi connectivity index (χ2n) is 6.64. The lowest BCUT2D eigenvalue weighted by atomic mass is 9.97. The molecule has 1 aliphatic rings. The first-order valence-corrected chi connectivity index (χ1v) is 9.27. The van der Waals surface area contributed by atoms with Crippen LogP contribution < -0.4 is 10.1 Å². The van der Waals surface area contributed by atoms with E-state index in [9.17, 15) is 9.50 Å². The zero-order chi connectivity index (χ0) is 20.1. The molecule has 3 aromatic rings. The molecule has 0 fully saturated rings. The van der Waals surface area contributed by atoms with Gasteiger partial charge in [-0.2, -0.15) is 0 Å². The van der Waals surface area contributed by atoms with Crippen LogP contribution in [-0.2, 0) is 6.54 Å². The summed E-state index contributed by atoms with van der Waals surface area (Å²) in [6, 6.07) is 14.6. The van der Waals surface area contributed by atoms with Gasteiger partial charge in [0.15, 0.2) is 5.76 Å². The predicted molar refractivity (Wildman–Crippen MR) is 105 cm³/mol. The molecular weight excluding hydrogens is 373 g/mol. The van der Waals surface area contributed by atoms with Gasteiger partial charge in [-0.3, -0.25) is 5.32 Å². The lowest BCUT2D eigenvalue weighted by Gasteiger charge is -2.12. The number of aliphatic hydroxyl groups excluding tert-OH is 1. The minimum Gasteiger partial charge on any atom is -0.439 e. The fourth-order valence-corrected chi connectivity index (χ4v) is 2.94. The van der Waals surface area contributed by atoms with Crippen molar-refractivity contribution in [3.05, 3.63) is 95.8 Å². The standard InChI is InChI=1S/C22H20FN3O3/c23-17-9-6-15(7-10-17)20-12-19(29-26-20)14-25-22(27)16-8-11-21(24-13-16)28-18-4-2-1-3-5-18/h1-6,8-13,15,22,25,27H,7,14H2. The molecule has 7 heteroatoms. The highest BCUT2D eigenvalue weighted by Gasteiger charge is 2.17. The number of para-hydroxylation sites is 1. The van der Waals surface area contributed by atoms with Gasteiger partial charge in [0.2, 0.25) is 5.88 Å². The number of halogens is 1. The molecule has 0 aliphatic heterocycles. The Balaban J connectivity index is 1.31. The third-order valence-electron chi connectivity index (χ3n) is 4.52. The largest absolute Gasteiger partial charge is 0.439 e. The van der Waals surface area contributed by atoms with Gasteiger partial charge in [0.05, 0.1) is 12.2 Å². The van der Waals surface area contributed by atoms with Crippen LogP contribution in [0.4, 0.5) is 4.39 Å². The third-order valence-corrected chi connectivity index (χ3v) is 4.52. The third kappa shape index (κ3) is 4.96. The normalized spacial score (nSPS) is 17.0. The van der Waals surface area contributed by atoms with Crippen LogP contribution >= 0.6 is 0 Å². The maximum Gasteiger partial charge on any atom is 0.219 e. The maximum atomic E-state index is 13.1. The summed E-state index contributed by atoms with van der Waals surface area (Å²) in [7, 11) is 0. The summed E-state index contributed by atoms with van der Waals surface area (Å²) in [5, 5.41) is 17.3. The second kappa shape index (κ2) is 8.81. The van der Waals surface area contributed by atoms with Crippen molar-refractivity contribution in [2.75, 3.05) is 0 Å². The van der Waals surface area contributed by atoms with E-state index >= 15 is 0 Å². The van der Waals surface area contributed by atoms with Crippen LogP contribution in [0.25, 0.3) is 0 Å². The molecule has 29 heavy (non-hydrogen) atoms. The molecule has 148 valence electrons. The molecule has 0 radical (unpaired) electrons. The number of aromatic nitrogens is 2. The molecule has 2 heterocycles. The summed E-state index contributed by atoms with van der Waals surface area (Å²) >= 11 is 0. The lowest BCUT2D eigenvalue weighted by Crippen LogP contribution is -2.20. The number of aliphatic hydroxyl groups is 1. The minimum atomic E-state index is -0.923. The van der Waals surface area contributed by atoms with Crippen LogP contribution in [0.3, 0.4) is 0 Å². The van der Waals surface area contributed by atoms with E-state index in [1.165, 1.54) is 12.2 Å². The molecule has 4 rings (SSSR count). The van der Waals surface area contributed by atoms with Crippen molar-refractivity contribution in [2.45, 2.75) is 25.1 Å². The monoisotopic (exact) mass is 393 g/mol. The fraction of sp³-hybridized carbons (Fsp3) is 0.182. The van der Waals surface area contributed by atoms with E-state index in [0.29, 0.717) is 29.4 Å². The molecule has 0 spiro atoms. The highest BCUT2D eigenvalue weighted by atomic mass is 19.1. The molecule has 1 aromatic carbocycles. The molecule has 2 unspecified atom stereocenters. The maximum absolute atomic E-state index is 13.1. The Labute approximate surface area is 167 Å². The summed E-state index contributed by atoms with van der Waals surface area (Å²) in [6.45, 7) is 0.289. The van der Waals surface area contributed by atoms with E-state index in [1.54, 1.807) is 30.5 Å². The quantitative estimate of drug-likeness (QED) is 0.574. The number of ether oxygens (including phenoxy) is 1. The van der Waals surface area contributed by atoms with Crippen LogP contribution in [0.2, 0.25) is 0 Å². The van der Waals surface area contributed by atoms with Crippen molar-refractivity contribution in [2.24, 2.45) is 0 Å². The van der Waals surface area contributed by atoms with Crippen molar-refractivity contribution in [1.82, 2.24) is 15.5 Å². The number of nitrogens with one attached hydrogen (secondary N) is 1. The molecule has 0 saturated heterocycles. The van der Waals surface area contributed by atoms with Gasteiger partial charge < -0.3 is 14.4 Å². The summed E-state index contributed by atoms with van der Waals surface area (Å²) in [4.78, 5) is 4.22. The number of hydrogen-bond donors (Lipinski definition) is 2. The Morgan fingerprint density at radius 3 is 2.83 bits per heavy atom. The number of benzene rings is 1. The number of rotatable bonds is 7. The summed E-state index contributed by atoms with van der Waals surface area (Å²) in [6.07, 6.45) is 5.91. The van der Waals surface area contributed by atoms with E-state index in [1.807, 2.05) is 30.3 Å². The summed E-state index contributed by atoms with van der Waals surface area (Å²) in [5.74, 6) is 1.48. The highest BCUT2D eigenvalue weighted by Crippen LogP contribution is 2.27. The smallest absolute Gasteiger partial charge is 0.219 e. The second-order valence-corrected chi connectivity index (χ2v) is 6.64. The zero-order valence-corrected chi connectivity index (χ0v) is 15.5. The van der Waals surface area contributed by atoms with Crippen LogP contribution in [0.1, 0.15) is 35.6 Å². The fourth-order valence-electron chi connectivity index (χ4n) is 2.94. The van der Waals surface area contributed by atoms with Gasteiger partial charge in [-0.05, 0) is 36.8 Å². The number of hydrogen-bond acceptors (Lipinski definition) is 6. The van der Waals surface area contributed by atoms with Crippen molar-refractivity contribution < 1.29 is 18.8 Å². The van der Waals surface area contributed by atoms with Crippen LogP contribution in [0.15, 0.2) is 83.3 Å². The van der Waals surface area contributed by atoms with E-state index in [-0.39, 0.29) is 18.3 Å². The SMILES string of the molecule is OC(NCc1cc(C2C=CC(F)=CC2)no1)c1ccc(Oc2ccccc2)nc1. The van der Waals surface area contributed by atoms with E-state index in [2.05, 4.69) is 15.5 Å². The number of pyridine rings is 1. The van der Waals surface area contributed by atoms with E-state index < -0.39 is 6.23 Å². The molecule has 2 N–H and O–H groups in total. The molecule has 0 bridgehead atoms. The first-order chi connectivity index (χ1) is 14.2. The minimum absolute atomic E-state index is 0.00159. The number of allylic oxidation sites excluding steroid dienone is 4. The molecule has 0 saturated carbocycles. The topological polar surface area (TPSA) is 80.4 Å². The lowest BCUT2D eigenvalue weighted by molar-refractivity contribution is 0.132. The van der Waals surface area contributed by atoms with Gasteiger partial charge in [0.25, 0.3) is 0 Å². The Morgan fingerprint density at radius 1 is 1.24 bits per heavy atom. The number of nitrogens with zero attached hydrogens (tertiary/aromatic N) is 2. The molecule has 2 aromatic heterocycles. The predicted octanol–water partition coefficient (Wildman–Crippen LogP) is 4.54. The van der Waals surface area contributed by atoms with Gasteiger partial charge >= 0.3 is 0 Å². The van der Waals surface area contributed by atoms with Crippen molar-refractivity contribution in [1.29, 1.82) is 0 Å². The zero-order valence-electron chi connectivity index (χ0n) is 15.5. The molecule has 1 aliphatic carbocycles. The first kappa shape index (κ1) is 19.0. The molecule has 2 atom stereocenters. The molecule has 6 nitrogen and oxygen atoms in total. The van der Waals surface area contributed by atoms with Gasteiger partial charge in [-0.25, -0.2) is 9.37 Å². The average Bonchev–Trinajstić information content (AvgIpc) is 3.23.